The molecule has 200 valence electrons. The van der Waals surface area contributed by atoms with Crippen molar-refractivity contribution in [3.05, 3.63) is 95.1 Å². The first-order valence-electron chi connectivity index (χ1n) is 12.1. The van der Waals surface area contributed by atoms with Gasteiger partial charge in [-0.25, -0.2) is 9.79 Å². The van der Waals surface area contributed by atoms with Crippen LogP contribution in [0.2, 0.25) is 0 Å². The number of thiazole rings is 1. The van der Waals surface area contributed by atoms with Crippen LogP contribution in [-0.2, 0) is 9.53 Å². The van der Waals surface area contributed by atoms with E-state index in [1.54, 1.807) is 39.2 Å². The maximum Gasteiger partial charge on any atom is 0.338 e. The highest BCUT2D eigenvalue weighted by Crippen LogP contribution is 2.40. The van der Waals surface area contributed by atoms with Crippen LogP contribution in [-0.4, -0.2) is 36.5 Å². The first-order chi connectivity index (χ1) is 18.8. The Balaban J connectivity index is 1.83. The number of carbonyl (C=O) groups excluding carboxylic acids is 1. The molecule has 0 bridgehead atoms. The third kappa shape index (κ3) is 4.63. The Morgan fingerprint density at radius 3 is 2.62 bits per heavy atom. The fourth-order valence-corrected chi connectivity index (χ4v) is 6.29. The van der Waals surface area contributed by atoms with Gasteiger partial charge in [0.05, 0.1) is 41.1 Å². The van der Waals surface area contributed by atoms with Crippen molar-refractivity contribution in [3.63, 3.8) is 0 Å². The smallest absolute Gasteiger partial charge is 0.338 e. The summed E-state index contributed by atoms with van der Waals surface area (Å²) in [6.45, 7) is 3.66. The maximum atomic E-state index is 14.1. The molecule has 0 amide bonds. The van der Waals surface area contributed by atoms with Gasteiger partial charge in [0.2, 0.25) is 0 Å². The minimum Gasteiger partial charge on any atom is -0.503 e. The van der Waals surface area contributed by atoms with Crippen molar-refractivity contribution in [1.29, 1.82) is 0 Å². The number of carbonyl (C=O) groups is 1. The number of phenolic OH excluding ortho intramolecular Hbond substituents is 1. The van der Waals surface area contributed by atoms with Crippen molar-refractivity contribution < 1.29 is 24.1 Å². The molecule has 10 heteroatoms. The lowest BCUT2D eigenvalue weighted by atomic mass is 9.90. The van der Waals surface area contributed by atoms with Gasteiger partial charge in [0.15, 0.2) is 16.3 Å². The number of rotatable bonds is 6. The average Bonchev–Trinajstić information content (AvgIpc) is 3.23. The molecule has 0 unspecified atom stereocenters. The molecular formula is C29H25BrN2O6S. The second-order valence-corrected chi connectivity index (χ2v) is 10.6. The molecule has 39 heavy (non-hydrogen) atoms. The van der Waals surface area contributed by atoms with Crippen molar-refractivity contribution in [1.82, 2.24) is 4.57 Å². The number of esters is 1. The highest BCUT2D eigenvalue weighted by molar-refractivity contribution is 9.10. The number of halogens is 1. The van der Waals surface area contributed by atoms with Crippen LogP contribution in [0.1, 0.15) is 31.0 Å². The monoisotopic (exact) mass is 608 g/mol. The van der Waals surface area contributed by atoms with Crippen LogP contribution < -0.4 is 24.4 Å². The summed E-state index contributed by atoms with van der Waals surface area (Å²) in [5.74, 6) is 0.230. The van der Waals surface area contributed by atoms with Gasteiger partial charge in [0.1, 0.15) is 11.8 Å². The van der Waals surface area contributed by atoms with E-state index in [0.29, 0.717) is 36.4 Å². The Morgan fingerprint density at radius 1 is 1.15 bits per heavy atom. The number of methoxy groups -OCH3 is 2. The molecule has 5 rings (SSSR count). The van der Waals surface area contributed by atoms with Crippen molar-refractivity contribution in [2.45, 2.75) is 19.9 Å². The van der Waals surface area contributed by atoms with Gasteiger partial charge in [-0.1, -0.05) is 41.7 Å². The van der Waals surface area contributed by atoms with Gasteiger partial charge < -0.3 is 19.3 Å². The summed E-state index contributed by atoms with van der Waals surface area (Å²) in [4.78, 5) is 32.5. The zero-order valence-electron chi connectivity index (χ0n) is 21.6. The van der Waals surface area contributed by atoms with Crippen molar-refractivity contribution in [2.24, 2.45) is 4.99 Å². The van der Waals surface area contributed by atoms with Crippen LogP contribution in [0.4, 0.5) is 0 Å². The topological polar surface area (TPSA) is 99.4 Å². The Kier molecular flexibility index (Phi) is 7.33. The van der Waals surface area contributed by atoms with E-state index in [1.165, 1.54) is 23.0 Å². The summed E-state index contributed by atoms with van der Waals surface area (Å²) in [6, 6.07) is 14.0. The van der Waals surface area contributed by atoms with Crippen molar-refractivity contribution in [2.75, 3.05) is 20.8 Å². The van der Waals surface area contributed by atoms with E-state index >= 15 is 0 Å². The van der Waals surface area contributed by atoms with Crippen LogP contribution in [0.25, 0.3) is 16.8 Å². The summed E-state index contributed by atoms with van der Waals surface area (Å²) in [6.07, 6.45) is 1.71. The number of benzene rings is 3. The first kappa shape index (κ1) is 26.7. The summed E-state index contributed by atoms with van der Waals surface area (Å²) in [5, 5.41) is 12.0. The summed E-state index contributed by atoms with van der Waals surface area (Å²) in [7, 11) is 3.02. The zero-order valence-corrected chi connectivity index (χ0v) is 24.1. The van der Waals surface area contributed by atoms with E-state index < -0.39 is 12.0 Å². The minimum absolute atomic E-state index is 0.0335. The van der Waals surface area contributed by atoms with E-state index in [2.05, 4.69) is 20.9 Å². The van der Waals surface area contributed by atoms with Gasteiger partial charge in [-0.15, -0.1) is 0 Å². The number of hydrogen-bond acceptors (Lipinski definition) is 8. The highest BCUT2D eigenvalue weighted by atomic mass is 79.9. The van der Waals surface area contributed by atoms with Gasteiger partial charge in [-0.05, 0) is 70.4 Å². The SMILES string of the molecule is CCOC(=O)C1=C(C)N=c2s/c(=C\c3cc(Br)c(O)c(OC)c3)c(=O)n2[C@H]1c1c(OC)ccc2ccccc12. The molecule has 0 aliphatic carbocycles. The number of allylic oxidation sites excluding steroid dienone is 1. The molecule has 1 atom stereocenters. The molecular weight excluding hydrogens is 584 g/mol. The Labute approximate surface area is 236 Å². The number of aromatic hydroxyl groups is 1. The third-order valence-electron chi connectivity index (χ3n) is 6.51. The third-order valence-corrected chi connectivity index (χ3v) is 8.10. The van der Waals surface area contributed by atoms with Crippen LogP contribution >= 0.6 is 27.3 Å². The fraction of sp³-hybridized carbons (Fsp3) is 0.207. The molecule has 1 aliphatic heterocycles. The number of phenols is 1. The molecule has 0 spiro atoms. The Hall–Kier alpha value is -3.89. The first-order valence-corrected chi connectivity index (χ1v) is 13.7. The number of ether oxygens (including phenoxy) is 3. The molecule has 1 aliphatic rings. The Morgan fingerprint density at radius 2 is 1.90 bits per heavy atom. The molecule has 0 fully saturated rings. The second-order valence-electron chi connectivity index (χ2n) is 8.76. The highest BCUT2D eigenvalue weighted by Gasteiger charge is 2.36. The normalized spacial score (nSPS) is 15.2. The molecule has 0 saturated heterocycles. The van der Waals surface area contributed by atoms with E-state index in [-0.39, 0.29) is 29.2 Å². The zero-order chi connectivity index (χ0) is 27.8. The van der Waals surface area contributed by atoms with Gasteiger partial charge in [-0.3, -0.25) is 9.36 Å². The van der Waals surface area contributed by atoms with Crippen LogP contribution in [0.3, 0.4) is 0 Å². The molecule has 0 saturated carbocycles. The largest absolute Gasteiger partial charge is 0.503 e. The van der Waals surface area contributed by atoms with E-state index in [0.717, 1.165) is 10.8 Å². The molecule has 0 radical (unpaired) electrons. The summed E-state index contributed by atoms with van der Waals surface area (Å²) in [5.41, 5.74) is 1.74. The molecule has 4 aromatic rings. The van der Waals surface area contributed by atoms with Crippen LogP contribution in [0.15, 0.2) is 74.1 Å². The van der Waals surface area contributed by atoms with Crippen molar-refractivity contribution >= 4 is 50.1 Å². The molecule has 3 aromatic carbocycles. The van der Waals surface area contributed by atoms with Gasteiger partial charge in [0.25, 0.3) is 5.56 Å². The number of aromatic nitrogens is 1. The second kappa shape index (κ2) is 10.7. The molecule has 1 aromatic heterocycles. The number of hydrogen-bond donors (Lipinski definition) is 1. The van der Waals surface area contributed by atoms with E-state index in [1.807, 2.05) is 36.4 Å². The van der Waals surface area contributed by atoms with Crippen LogP contribution in [0, 0.1) is 0 Å². The molecule has 1 N–H and O–H groups in total. The Bertz CT molecular complexity index is 1840. The lowest BCUT2D eigenvalue weighted by Crippen LogP contribution is -2.40. The van der Waals surface area contributed by atoms with Gasteiger partial charge >= 0.3 is 5.97 Å². The molecule has 2 heterocycles. The minimum atomic E-state index is -0.829. The summed E-state index contributed by atoms with van der Waals surface area (Å²) >= 11 is 4.54. The van der Waals surface area contributed by atoms with Crippen molar-refractivity contribution in [3.8, 4) is 17.2 Å². The van der Waals surface area contributed by atoms with Crippen LogP contribution in [0.5, 0.6) is 17.2 Å². The average molecular weight is 609 g/mol. The quantitative estimate of drug-likeness (QED) is 0.325. The predicted octanol–water partition coefficient (Wildman–Crippen LogP) is 4.44. The number of fused-ring (bicyclic) bond motifs is 2. The predicted molar refractivity (Wildman–Crippen MR) is 153 cm³/mol. The fourth-order valence-electron chi connectivity index (χ4n) is 4.78. The van der Waals surface area contributed by atoms with Gasteiger partial charge in [-0.2, -0.15) is 0 Å². The standard InChI is InChI=1S/C29H25BrN2O6S/c1-5-38-28(35)23-15(2)31-29-32(25(23)24-18-9-7-6-8-17(18)10-11-20(24)36-3)27(34)22(39-29)14-16-12-19(30)26(33)21(13-16)37-4/h6-14,25,33H,5H2,1-4H3/b22-14-/t25-/m1/s1. The summed E-state index contributed by atoms with van der Waals surface area (Å²) < 4.78 is 18.8. The van der Waals surface area contributed by atoms with E-state index in [9.17, 15) is 14.7 Å². The molecule has 8 nitrogen and oxygen atoms in total. The lowest BCUT2D eigenvalue weighted by Gasteiger charge is -2.27. The van der Waals surface area contributed by atoms with E-state index in [4.69, 9.17) is 14.2 Å². The maximum absolute atomic E-state index is 14.1. The number of nitrogens with zero attached hydrogens (tertiary/aromatic N) is 2. The van der Waals surface area contributed by atoms with Gasteiger partial charge in [0, 0.05) is 5.56 Å². The lowest BCUT2D eigenvalue weighted by molar-refractivity contribution is -0.139.